The molecule has 7 aromatic carbocycles. The second-order valence-corrected chi connectivity index (χ2v) is 12.3. The first kappa shape index (κ1) is 28.6. The van der Waals surface area contributed by atoms with Crippen molar-refractivity contribution in [2.75, 3.05) is 9.80 Å². The van der Waals surface area contributed by atoms with E-state index in [1.54, 1.807) is 0 Å². The monoisotopic (exact) mass is 604 g/mol. The molecular weight excluding hydrogens is 569 g/mol. The van der Waals surface area contributed by atoms with Crippen LogP contribution in [0.3, 0.4) is 0 Å². The van der Waals surface area contributed by atoms with Gasteiger partial charge in [-0.2, -0.15) is 0 Å². The summed E-state index contributed by atoms with van der Waals surface area (Å²) in [4.78, 5) is 4.76. The summed E-state index contributed by atoms with van der Waals surface area (Å²) in [6.45, 7) is 2.31. The molecule has 1 unspecified atom stereocenters. The summed E-state index contributed by atoms with van der Waals surface area (Å²) in [5.41, 5.74) is 12.1. The lowest BCUT2D eigenvalue weighted by molar-refractivity contribution is 0.711. The average molecular weight is 605 g/mol. The van der Waals surface area contributed by atoms with Gasteiger partial charge >= 0.3 is 0 Å². The zero-order chi connectivity index (χ0) is 31.6. The molecule has 47 heavy (non-hydrogen) atoms. The van der Waals surface area contributed by atoms with Crippen molar-refractivity contribution in [1.82, 2.24) is 0 Å². The molecule has 0 amide bonds. The molecule has 1 atom stereocenters. The Labute approximate surface area is 277 Å². The number of hydrogen-bond acceptors (Lipinski definition) is 2. The van der Waals surface area contributed by atoms with Gasteiger partial charge in [0.05, 0.1) is 5.69 Å². The number of nitrogens with zero attached hydrogens (tertiary/aromatic N) is 2. The van der Waals surface area contributed by atoms with Crippen molar-refractivity contribution in [3.8, 4) is 11.1 Å². The van der Waals surface area contributed by atoms with Gasteiger partial charge in [-0.05, 0) is 89.0 Å². The van der Waals surface area contributed by atoms with Gasteiger partial charge in [-0.1, -0.05) is 134 Å². The molecule has 2 heteroatoms. The van der Waals surface area contributed by atoms with Crippen LogP contribution in [0.15, 0.2) is 182 Å². The number of anilines is 5. The highest BCUT2D eigenvalue weighted by molar-refractivity contribution is 5.99. The second kappa shape index (κ2) is 12.5. The van der Waals surface area contributed by atoms with Gasteiger partial charge in [0.2, 0.25) is 0 Å². The van der Waals surface area contributed by atoms with E-state index in [0.29, 0.717) is 5.92 Å². The highest BCUT2D eigenvalue weighted by Gasteiger charge is 2.23. The number of benzene rings is 7. The van der Waals surface area contributed by atoms with Crippen molar-refractivity contribution < 1.29 is 0 Å². The molecule has 0 aromatic heterocycles. The predicted molar refractivity (Wildman–Crippen MR) is 200 cm³/mol. The van der Waals surface area contributed by atoms with Gasteiger partial charge in [-0.25, -0.2) is 0 Å². The number of para-hydroxylation sites is 2. The minimum atomic E-state index is 0.466. The topological polar surface area (TPSA) is 6.48 Å². The van der Waals surface area contributed by atoms with Crippen molar-refractivity contribution in [3.05, 3.63) is 193 Å². The fourth-order valence-corrected chi connectivity index (χ4v) is 6.93. The van der Waals surface area contributed by atoms with Gasteiger partial charge in [0.1, 0.15) is 0 Å². The molecule has 0 saturated heterocycles. The third kappa shape index (κ3) is 5.60. The molecular formula is C45H36N2. The Morgan fingerprint density at radius 3 is 1.64 bits per heavy atom. The Balaban J connectivity index is 1.15. The maximum atomic E-state index is 2.43. The molecule has 0 bridgehead atoms. The minimum Gasteiger partial charge on any atom is -0.310 e. The lowest BCUT2D eigenvalue weighted by Crippen LogP contribution is -2.20. The van der Waals surface area contributed by atoms with Gasteiger partial charge in [0.15, 0.2) is 0 Å². The maximum absolute atomic E-state index is 2.43. The number of hydrogen-bond donors (Lipinski definition) is 0. The molecule has 0 fully saturated rings. The Hall–Kier alpha value is -5.86. The van der Waals surface area contributed by atoms with E-state index in [1.807, 2.05) is 0 Å². The summed E-state index contributed by atoms with van der Waals surface area (Å²) in [7, 11) is 0. The molecule has 2 nitrogen and oxygen atoms in total. The average Bonchev–Trinajstić information content (AvgIpc) is 3.13. The van der Waals surface area contributed by atoms with Crippen molar-refractivity contribution in [3.63, 3.8) is 0 Å². The molecule has 8 rings (SSSR count). The molecule has 0 radical (unpaired) electrons. The van der Waals surface area contributed by atoms with Crippen LogP contribution < -0.4 is 9.80 Å². The molecule has 1 aliphatic rings. The second-order valence-electron chi connectivity index (χ2n) is 12.3. The summed E-state index contributed by atoms with van der Waals surface area (Å²) < 4.78 is 0. The lowest BCUT2D eigenvalue weighted by Gasteiger charge is -2.33. The smallest absolute Gasteiger partial charge is 0.0540 e. The van der Waals surface area contributed by atoms with E-state index in [0.717, 1.165) is 29.2 Å². The molecule has 0 saturated carbocycles. The molecule has 1 aliphatic carbocycles. The largest absolute Gasteiger partial charge is 0.310 e. The van der Waals surface area contributed by atoms with E-state index in [9.17, 15) is 0 Å². The third-order valence-electron chi connectivity index (χ3n) is 9.14. The zero-order valence-corrected chi connectivity index (χ0v) is 26.5. The summed E-state index contributed by atoms with van der Waals surface area (Å²) >= 11 is 0. The minimum absolute atomic E-state index is 0.466. The van der Waals surface area contributed by atoms with Crippen molar-refractivity contribution in [2.24, 2.45) is 5.92 Å². The molecule has 0 N–H and O–H groups in total. The first-order valence-electron chi connectivity index (χ1n) is 16.4. The molecule has 0 heterocycles. The highest BCUT2D eigenvalue weighted by atomic mass is 15.2. The summed E-state index contributed by atoms with van der Waals surface area (Å²) in [5.74, 6) is 0.466. The zero-order valence-electron chi connectivity index (χ0n) is 26.5. The van der Waals surface area contributed by atoms with Crippen LogP contribution in [-0.4, -0.2) is 0 Å². The summed E-state index contributed by atoms with van der Waals surface area (Å²) in [6, 6.07) is 63.3. The van der Waals surface area contributed by atoms with Crippen LogP contribution in [0.4, 0.5) is 28.4 Å². The molecule has 0 aliphatic heterocycles. The Bertz CT molecular complexity index is 2160. The highest BCUT2D eigenvalue weighted by Crippen LogP contribution is 2.42. The van der Waals surface area contributed by atoms with Crippen LogP contribution in [-0.2, 0) is 6.42 Å². The van der Waals surface area contributed by atoms with Crippen LogP contribution in [0.25, 0.3) is 27.6 Å². The van der Waals surface area contributed by atoms with Crippen LogP contribution >= 0.6 is 0 Å². The van der Waals surface area contributed by atoms with E-state index in [2.05, 4.69) is 199 Å². The Kier molecular flexibility index (Phi) is 7.61. The van der Waals surface area contributed by atoms with Gasteiger partial charge in [-0.15, -0.1) is 0 Å². The normalized spacial score (nSPS) is 13.9. The summed E-state index contributed by atoms with van der Waals surface area (Å²) in [6.07, 6.45) is 3.50. The van der Waals surface area contributed by atoms with Crippen LogP contribution in [0, 0.1) is 5.92 Å². The van der Waals surface area contributed by atoms with Crippen molar-refractivity contribution in [1.29, 1.82) is 0 Å². The fourth-order valence-electron chi connectivity index (χ4n) is 6.93. The number of rotatable bonds is 7. The van der Waals surface area contributed by atoms with E-state index >= 15 is 0 Å². The van der Waals surface area contributed by atoms with E-state index in [-0.39, 0.29) is 0 Å². The Morgan fingerprint density at radius 2 is 0.957 bits per heavy atom. The first-order valence-corrected chi connectivity index (χ1v) is 16.4. The van der Waals surface area contributed by atoms with Crippen LogP contribution in [0.1, 0.15) is 18.1 Å². The van der Waals surface area contributed by atoms with Gasteiger partial charge in [-0.3, -0.25) is 0 Å². The van der Waals surface area contributed by atoms with Gasteiger partial charge in [0.25, 0.3) is 0 Å². The number of fused-ring (bicyclic) bond motifs is 2. The fraction of sp³-hybridized carbons (Fsp3) is 0.0667. The van der Waals surface area contributed by atoms with E-state index < -0.39 is 0 Å². The molecule has 0 spiro atoms. The predicted octanol–water partition coefficient (Wildman–Crippen LogP) is 12.3. The van der Waals surface area contributed by atoms with Gasteiger partial charge in [0, 0.05) is 39.4 Å². The Morgan fingerprint density at radius 1 is 0.447 bits per heavy atom. The molecule has 7 aromatic rings. The lowest BCUT2D eigenvalue weighted by atomic mass is 9.87. The first-order chi connectivity index (χ1) is 23.2. The standard InChI is InChI=1S/C45H36N2/c1-33-31-37-14-9-11-21-43(37)45(32-33)47(39-18-6-3-7-19-39)41-29-25-35(26-30-41)34-23-27-40(28-24-34)46(38-16-4-2-5-17-38)44-22-12-15-36-13-8-10-20-42(36)44/h2-30,32-33H,31H2,1H3. The van der Waals surface area contributed by atoms with Crippen molar-refractivity contribution >= 4 is 44.9 Å². The van der Waals surface area contributed by atoms with Crippen LogP contribution in [0.2, 0.25) is 0 Å². The van der Waals surface area contributed by atoms with E-state index in [4.69, 9.17) is 0 Å². The SMILES string of the molecule is CC1C=C(N(c2ccccc2)c2ccc(-c3ccc(N(c4ccccc4)c4cccc5ccccc45)cc3)cc2)c2ccccc2C1. The number of allylic oxidation sites excluding steroid dienone is 1. The van der Waals surface area contributed by atoms with Crippen molar-refractivity contribution in [2.45, 2.75) is 13.3 Å². The third-order valence-corrected chi connectivity index (χ3v) is 9.14. The van der Waals surface area contributed by atoms with Gasteiger partial charge < -0.3 is 9.80 Å². The van der Waals surface area contributed by atoms with E-state index in [1.165, 1.54) is 44.4 Å². The summed E-state index contributed by atoms with van der Waals surface area (Å²) in [5, 5.41) is 2.46. The maximum Gasteiger partial charge on any atom is 0.0540 e. The quantitative estimate of drug-likeness (QED) is 0.179. The molecule has 226 valence electrons. The van der Waals surface area contributed by atoms with Crippen LogP contribution in [0.5, 0.6) is 0 Å².